The number of aromatic nitrogens is 4. The summed E-state index contributed by atoms with van der Waals surface area (Å²) in [6.45, 7) is 7.33. The maximum absolute atomic E-state index is 13.7. The number of carbonyl (C=O) groups is 1. The second-order valence-electron chi connectivity index (χ2n) is 10.1. The SMILES string of the molecule is Cc1cc2[nH]c(=O)c3cnn(C4CCOCC4)c3c2cc1C(=O)N1CCN(CCc2ccccn2)CC1. The summed E-state index contributed by atoms with van der Waals surface area (Å²) in [7, 11) is 0. The smallest absolute Gasteiger partial charge is 0.259 e. The van der Waals surface area contributed by atoms with Crippen molar-refractivity contribution < 1.29 is 9.53 Å². The Morgan fingerprint density at radius 2 is 1.92 bits per heavy atom. The number of benzene rings is 1. The highest BCUT2D eigenvalue weighted by molar-refractivity contribution is 6.07. The lowest BCUT2D eigenvalue weighted by atomic mass is 10.0. The Labute approximate surface area is 215 Å². The van der Waals surface area contributed by atoms with Crippen molar-refractivity contribution in [3.8, 4) is 0 Å². The van der Waals surface area contributed by atoms with Crippen LogP contribution in [0.3, 0.4) is 0 Å². The quantitative estimate of drug-likeness (QED) is 0.453. The fourth-order valence-corrected chi connectivity index (χ4v) is 5.59. The van der Waals surface area contributed by atoms with Crippen LogP contribution in [0.1, 0.15) is 40.5 Å². The van der Waals surface area contributed by atoms with Crippen LogP contribution in [0.15, 0.2) is 47.5 Å². The normalized spacial score (nSPS) is 17.6. The van der Waals surface area contributed by atoms with Crippen molar-refractivity contribution >= 4 is 27.7 Å². The summed E-state index contributed by atoms with van der Waals surface area (Å²) in [6, 6.07) is 10.1. The third kappa shape index (κ3) is 4.65. The van der Waals surface area contributed by atoms with Crippen LogP contribution in [0.5, 0.6) is 0 Å². The van der Waals surface area contributed by atoms with E-state index in [1.54, 1.807) is 6.20 Å². The van der Waals surface area contributed by atoms with Crippen molar-refractivity contribution in [1.82, 2.24) is 29.5 Å². The van der Waals surface area contributed by atoms with E-state index in [1.807, 2.05) is 47.0 Å². The molecule has 0 saturated carbocycles. The first-order valence-corrected chi connectivity index (χ1v) is 13.1. The van der Waals surface area contributed by atoms with E-state index in [-0.39, 0.29) is 17.5 Å². The van der Waals surface area contributed by atoms with Gasteiger partial charge in [-0.1, -0.05) is 6.07 Å². The second-order valence-corrected chi connectivity index (χ2v) is 10.1. The van der Waals surface area contributed by atoms with E-state index in [0.29, 0.717) is 37.3 Å². The molecule has 0 unspecified atom stereocenters. The number of aryl methyl sites for hydroxylation is 1. The summed E-state index contributed by atoms with van der Waals surface area (Å²) in [5, 5.41) is 6.02. The molecule has 1 aromatic carbocycles. The number of nitrogens with zero attached hydrogens (tertiary/aromatic N) is 5. The number of fused-ring (bicyclic) bond motifs is 3. The molecule has 2 saturated heterocycles. The van der Waals surface area contributed by atoms with E-state index >= 15 is 0 Å². The molecule has 192 valence electrons. The number of amides is 1. The van der Waals surface area contributed by atoms with Gasteiger partial charge in [-0.15, -0.1) is 0 Å². The minimum Gasteiger partial charge on any atom is -0.381 e. The second kappa shape index (κ2) is 10.1. The van der Waals surface area contributed by atoms with Gasteiger partial charge in [-0.25, -0.2) is 0 Å². The molecule has 0 radical (unpaired) electrons. The van der Waals surface area contributed by atoms with Gasteiger partial charge in [-0.3, -0.25) is 24.2 Å². The van der Waals surface area contributed by atoms with Crippen molar-refractivity contribution in [2.75, 3.05) is 45.9 Å². The molecule has 9 nitrogen and oxygen atoms in total. The molecule has 9 heteroatoms. The number of hydrogen-bond donors (Lipinski definition) is 1. The number of H-pyrrole nitrogens is 1. The molecule has 1 N–H and O–H groups in total. The van der Waals surface area contributed by atoms with Gasteiger partial charge in [0.2, 0.25) is 0 Å². The Morgan fingerprint density at radius 1 is 1.11 bits per heavy atom. The first-order valence-electron chi connectivity index (χ1n) is 13.1. The molecular weight excluding hydrogens is 468 g/mol. The largest absolute Gasteiger partial charge is 0.381 e. The average molecular weight is 501 g/mol. The van der Waals surface area contributed by atoms with Gasteiger partial charge >= 0.3 is 0 Å². The molecule has 0 spiro atoms. The van der Waals surface area contributed by atoms with Gasteiger partial charge in [0.15, 0.2) is 0 Å². The highest BCUT2D eigenvalue weighted by Gasteiger charge is 2.25. The number of ether oxygens (including phenoxy) is 1. The van der Waals surface area contributed by atoms with Crippen LogP contribution in [-0.4, -0.2) is 81.4 Å². The highest BCUT2D eigenvalue weighted by atomic mass is 16.5. The van der Waals surface area contributed by atoms with Crippen LogP contribution in [0.4, 0.5) is 0 Å². The molecule has 0 bridgehead atoms. The summed E-state index contributed by atoms with van der Waals surface area (Å²) in [4.78, 5) is 38.2. The summed E-state index contributed by atoms with van der Waals surface area (Å²) in [5.74, 6) is 0.0419. The van der Waals surface area contributed by atoms with Crippen LogP contribution >= 0.6 is 0 Å². The van der Waals surface area contributed by atoms with Crippen LogP contribution in [0, 0.1) is 6.92 Å². The number of rotatable bonds is 5. The first-order chi connectivity index (χ1) is 18.1. The van der Waals surface area contributed by atoms with E-state index in [9.17, 15) is 9.59 Å². The molecular formula is C28H32N6O3. The number of hydrogen-bond acceptors (Lipinski definition) is 6. The average Bonchev–Trinajstić information content (AvgIpc) is 3.39. The van der Waals surface area contributed by atoms with Gasteiger partial charge in [-0.05, 0) is 49.6 Å². The lowest BCUT2D eigenvalue weighted by Crippen LogP contribution is -2.49. The van der Waals surface area contributed by atoms with E-state index in [0.717, 1.165) is 66.6 Å². The van der Waals surface area contributed by atoms with E-state index in [2.05, 4.69) is 26.0 Å². The summed E-state index contributed by atoms with van der Waals surface area (Å²) < 4.78 is 7.51. The van der Waals surface area contributed by atoms with E-state index < -0.39 is 0 Å². The Kier molecular flexibility index (Phi) is 6.48. The van der Waals surface area contributed by atoms with Crippen molar-refractivity contribution in [3.05, 3.63) is 69.9 Å². The van der Waals surface area contributed by atoms with Gasteiger partial charge in [0.1, 0.15) is 0 Å². The van der Waals surface area contributed by atoms with Gasteiger partial charge in [0.05, 0.1) is 28.7 Å². The number of nitrogens with one attached hydrogen (secondary N) is 1. The predicted octanol–water partition coefficient (Wildman–Crippen LogP) is 2.93. The fraction of sp³-hybridized carbons (Fsp3) is 0.429. The minimum atomic E-state index is -0.152. The summed E-state index contributed by atoms with van der Waals surface area (Å²) in [6.07, 6.45) is 6.10. The van der Waals surface area contributed by atoms with Gasteiger partial charge in [0.25, 0.3) is 11.5 Å². The van der Waals surface area contributed by atoms with Crippen molar-refractivity contribution in [3.63, 3.8) is 0 Å². The zero-order valence-corrected chi connectivity index (χ0v) is 21.2. The van der Waals surface area contributed by atoms with Crippen LogP contribution in [0.2, 0.25) is 0 Å². The fourth-order valence-electron chi connectivity index (χ4n) is 5.59. The first kappa shape index (κ1) is 23.8. The van der Waals surface area contributed by atoms with Gasteiger partial charge in [-0.2, -0.15) is 5.10 Å². The molecule has 3 aromatic heterocycles. The van der Waals surface area contributed by atoms with Gasteiger partial charge in [0, 0.05) is 75.2 Å². The molecule has 1 amide bonds. The van der Waals surface area contributed by atoms with Crippen LogP contribution in [0.25, 0.3) is 21.8 Å². The molecule has 2 aliphatic rings. The monoisotopic (exact) mass is 500 g/mol. The number of piperazine rings is 1. The molecule has 0 atom stereocenters. The number of aromatic amines is 1. The van der Waals surface area contributed by atoms with E-state index in [1.165, 1.54) is 0 Å². The topological polar surface area (TPSA) is 96.3 Å². The van der Waals surface area contributed by atoms with E-state index in [4.69, 9.17) is 4.74 Å². The highest BCUT2D eigenvalue weighted by Crippen LogP contribution is 2.30. The Morgan fingerprint density at radius 3 is 2.68 bits per heavy atom. The van der Waals surface area contributed by atoms with Crippen molar-refractivity contribution in [2.45, 2.75) is 32.2 Å². The summed E-state index contributed by atoms with van der Waals surface area (Å²) >= 11 is 0. The Hall–Kier alpha value is -3.56. The lowest BCUT2D eigenvalue weighted by molar-refractivity contribution is 0.0637. The lowest BCUT2D eigenvalue weighted by Gasteiger charge is -2.35. The zero-order valence-electron chi connectivity index (χ0n) is 21.2. The predicted molar refractivity (Wildman–Crippen MR) is 142 cm³/mol. The molecule has 37 heavy (non-hydrogen) atoms. The standard InChI is InChI=1S/C28H32N6O3/c1-19-16-25-23(26-24(27(35)31-25)18-30-34(26)21-6-14-37-15-7-21)17-22(19)28(36)33-12-10-32(11-13-33)9-5-20-4-2-3-8-29-20/h2-4,8,16-18,21H,5-7,9-15H2,1H3,(H,31,35). The Balaban J connectivity index is 1.25. The maximum atomic E-state index is 13.7. The van der Waals surface area contributed by atoms with Crippen LogP contribution in [-0.2, 0) is 11.2 Å². The third-order valence-corrected chi connectivity index (χ3v) is 7.74. The molecule has 6 rings (SSSR count). The summed E-state index contributed by atoms with van der Waals surface area (Å²) in [5.41, 5.74) is 4.03. The molecule has 4 aromatic rings. The minimum absolute atomic E-state index is 0.0419. The maximum Gasteiger partial charge on any atom is 0.259 e. The van der Waals surface area contributed by atoms with Crippen LogP contribution < -0.4 is 5.56 Å². The molecule has 5 heterocycles. The molecule has 0 aliphatic carbocycles. The molecule has 2 fully saturated rings. The van der Waals surface area contributed by atoms with Crippen molar-refractivity contribution in [1.29, 1.82) is 0 Å². The number of carbonyl (C=O) groups excluding carboxylic acids is 1. The van der Waals surface area contributed by atoms with Crippen molar-refractivity contribution in [2.24, 2.45) is 0 Å². The Bertz CT molecular complexity index is 1480. The number of pyridine rings is 2. The zero-order chi connectivity index (χ0) is 25.4. The van der Waals surface area contributed by atoms with Gasteiger partial charge < -0.3 is 14.6 Å². The molecule has 2 aliphatic heterocycles. The third-order valence-electron chi connectivity index (χ3n) is 7.74.